The minimum Gasteiger partial charge on any atom is -0.356 e. The summed E-state index contributed by atoms with van der Waals surface area (Å²) in [6, 6.07) is 14.4. The SMILES string of the molecule is Cn1cc2c3c(c[nH]c3c1=O)CN(C(=O)c1ccccc1)c1ccc(CS(C)(=O)=O)cc1-2. The van der Waals surface area contributed by atoms with Crippen LogP contribution in [0.4, 0.5) is 5.69 Å². The summed E-state index contributed by atoms with van der Waals surface area (Å²) in [4.78, 5) is 31.0. The second kappa shape index (κ2) is 7.20. The number of carbonyl (C=O) groups is 1. The number of sulfone groups is 1. The Balaban J connectivity index is 1.80. The van der Waals surface area contributed by atoms with Crippen LogP contribution in [0.15, 0.2) is 65.7 Å². The topological polar surface area (TPSA) is 92.2 Å². The molecule has 0 fully saturated rings. The van der Waals surface area contributed by atoms with Crippen LogP contribution in [0.1, 0.15) is 21.5 Å². The van der Waals surface area contributed by atoms with Crippen molar-refractivity contribution in [2.45, 2.75) is 12.3 Å². The molecule has 2 aromatic heterocycles. The number of aryl methyl sites for hydroxylation is 1. The zero-order valence-electron chi connectivity index (χ0n) is 17.6. The summed E-state index contributed by atoms with van der Waals surface area (Å²) in [6.45, 7) is 0.284. The molecule has 1 N–H and O–H groups in total. The van der Waals surface area contributed by atoms with Crippen LogP contribution in [-0.2, 0) is 29.2 Å². The lowest BCUT2D eigenvalue weighted by atomic mass is 9.99. The largest absolute Gasteiger partial charge is 0.356 e. The van der Waals surface area contributed by atoms with E-state index >= 15 is 0 Å². The first kappa shape index (κ1) is 20.3. The molecule has 0 unspecified atom stereocenters. The quantitative estimate of drug-likeness (QED) is 0.522. The Morgan fingerprint density at radius 3 is 2.56 bits per heavy atom. The number of nitrogens with one attached hydrogen (secondary N) is 1. The van der Waals surface area contributed by atoms with E-state index in [4.69, 9.17) is 0 Å². The summed E-state index contributed by atoms with van der Waals surface area (Å²) in [5, 5.41) is 0.759. The van der Waals surface area contributed by atoms with Crippen molar-refractivity contribution in [2.24, 2.45) is 7.05 Å². The molecule has 32 heavy (non-hydrogen) atoms. The Kier molecular flexibility index (Phi) is 4.56. The molecule has 1 aliphatic rings. The fourth-order valence-electron chi connectivity index (χ4n) is 4.36. The maximum atomic E-state index is 13.5. The minimum atomic E-state index is -3.24. The number of benzene rings is 2. The fraction of sp³-hybridized carbons (Fsp3) is 0.167. The van der Waals surface area contributed by atoms with Crippen molar-refractivity contribution in [3.05, 3.63) is 88.0 Å². The van der Waals surface area contributed by atoms with Crippen molar-refractivity contribution in [1.29, 1.82) is 0 Å². The van der Waals surface area contributed by atoms with Crippen molar-refractivity contribution in [1.82, 2.24) is 9.55 Å². The molecule has 3 heterocycles. The van der Waals surface area contributed by atoms with Crippen LogP contribution in [0.5, 0.6) is 0 Å². The predicted octanol–water partition coefficient (Wildman–Crippen LogP) is 3.24. The summed E-state index contributed by atoms with van der Waals surface area (Å²) >= 11 is 0. The number of hydrogen-bond donors (Lipinski definition) is 1. The number of fused-ring (bicyclic) bond motifs is 2. The number of anilines is 1. The molecular formula is C24H21N3O4S. The van der Waals surface area contributed by atoms with E-state index in [1.54, 1.807) is 48.6 Å². The number of rotatable bonds is 3. The highest BCUT2D eigenvalue weighted by atomic mass is 32.2. The van der Waals surface area contributed by atoms with Crippen LogP contribution in [0.3, 0.4) is 0 Å². The van der Waals surface area contributed by atoms with E-state index in [0.29, 0.717) is 22.3 Å². The lowest BCUT2D eigenvalue weighted by Crippen LogP contribution is -2.30. The van der Waals surface area contributed by atoms with Gasteiger partial charge in [-0.2, -0.15) is 0 Å². The van der Waals surface area contributed by atoms with Crippen LogP contribution in [0.25, 0.3) is 22.0 Å². The molecule has 0 spiro atoms. The summed E-state index contributed by atoms with van der Waals surface area (Å²) in [6.07, 6.45) is 4.71. The van der Waals surface area contributed by atoms with Crippen LogP contribution >= 0.6 is 0 Å². The van der Waals surface area contributed by atoms with Gasteiger partial charge in [-0.15, -0.1) is 0 Å². The van der Waals surface area contributed by atoms with Crippen LogP contribution in [-0.4, -0.2) is 30.1 Å². The second-order valence-electron chi connectivity index (χ2n) is 8.20. The zero-order chi connectivity index (χ0) is 22.6. The van der Waals surface area contributed by atoms with Gasteiger partial charge in [-0.05, 0) is 35.4 Å². The lowest BCUT2D eigenvalue weighted by Gasteiger charge is -2.24. The standard InChI is InChI=1S/C24H21N3O4S/c1-26-13-19-18-10-15(14-32(2,30)31)8-9-20(18)27(23(28)16-6-4-3-5-7-16)12-17-11-25-22(21(17)19)24(26)29/h3-11,13,25H,12,14H2,1-2H3. The van der Waals surface area contributed by atoms with Crippen molar-refractivity contribution in [2.75, 3.05) is 11.2 Å². The molecule has 0 aliphatic carbocycles. The molecule has 4 aromatic rings. The van der Waals surface area contributed by atoms with Gasteiger partial charge in [-0.3, -0.25) is 9.59 Å². The van der Waals surface area contributed by atoms with E-state index in [1.807, 2.05) is 24.3 Å². The Hall–Kier alpha value is -3.65. The molecule has 5 rings (SSSR count). The Bertz CT molecular complexity index is 1550. The van der Waals surface area contributed by atoms with Crippen LogP contribution in [0, 0.1) is 0 Å². The number of hydrogen-bond acceptors (Lipinski definition) is 4. The molecule has 162 valence electrons. The molecule has 2 aromatic carbocycles. The summed E-state index contributed by atoms with van der Waals surface area (Å²) in [5.74, 6) is -0.279. The smallest absolute Gasteiger partial charge is 0.274 e. The van der Waals surface area contributed by atoms with Crippen LogP contribution in [0.2, 0.25) is 0 Å². The molecule has 0 saturated heterocycles. The summed E-state index contributed by atoms with van der Waals surface area (Å²) in [7, 11) is -1.57. The summed E-state index contributed by atoms with van der Waals surface area (Å²) in [5.41, 5.74) is 4.48. The average Bonchev–Trinajstić information content (AvgIpc) is 3.12. The molecule has 0 radical (unpaired) electrons. The predicted molar refractivity (Wildman–Crippen MR) is 124 cm³/mol. The van der Waals surface area contributed by atoms with E-state index in [1.165, 1.54) is 10.8 Å². The molecular weight excluding hydrogens is 426 g/mol. The van der Waals surface area contributed by atoms with E-state index < -0.39 is 9.84 Å². The molecule has 0 bridgehead atoms. The minimum absolute atomic E-state index is 0.109. The third-order valence-corrected chi connectivity index (χ3v) is 6.61. The fourth-order valence-corrected chi connectivity index (χ4v) is 5.15. The molecule has 0 saturated carbocycles. The Morgan fingerprint density at radius 1 is 1.09 bits per heavy atom. The first-order chi connectivity index (χ1) is 15.2. The van der Waals surface area contributed by atoms with Crippen LogP contribution < -0.4 is 10.5 Å². The van der Waals surface area contributed by atoms with Gasteiger partial charge >= 0.3 is 0 Å². The van der Waals surface area contributed by atoms with Crippen molar-refractivity contribution >= 4 is 32.3 Å². The highest BCUT2D eigenvalue weighted by Gasteiger charge is 2.28. The third-order valence-electron chi connectivity index (χ3n) is 5.75. The second-order valence-corrected chi connectivity index (χ2v) is 10.3. The van der Waals surface area contributed by atoms with Gasteiger partial charge in [0.15, 0.2) is 9.84 Å². The van der Waals surface area contributed by atoms with Gasteiger partial charge in [-0.25, -0.2) is 8.42 Å². The number of aromatic amines is 1. The Morgan fingerprint density at radius 2 is 1.84 bits per heavy atom. The molecule has 7 nitrogen and oxygen atoms in total. The van der Waals surface area contributed by atoms with E-state index in [2.05, 4.69) is 4.98 Å². The molecule has 0 atom stereocenters. The van der Waals surface area contributed by atoms with Crippen molar-refractivity contribution in [3.8, 4) is 11.1 Å². The van der Waals surface area contributed by atoms with Gasteiger partial charge in [0.2, 0.25) is 0 Å². The van der Waals surface area contributed by atoms with Gasteiger partial charge in [0.25, 0.3) is 11.5 Å². The third kappa shape index (κ3) is 3.33. The number of amides is 1. The zero-order valence-corrected chi connectivity index (χ0v) is 18.4. The average molecular weight is 448 g/mol. The molecule has 1 amide bonds. The van der Waals surface area contributed by atoms with Gasteiger partial charge < -0.3 is 14.5 Å². The number of aromatic nitrogens is 2. The maximum Gasteiger partial charge on any atom is 0.274 e. The van der Waals surface area contributed by atoms with E-state index in [9.17, 15) is 18.0 Å². The number of pyridine rings is 1. The van der Waals surface area contributed by atoms with Crippen molar-refractivity contribution < 1.29 is 13.2 Å². The van der Waals surface area contributed by atoms with Gasteiger partial charge in [0.1, 0.15) is 5.52 Å². The number of nitrogens with zero attached hydrogens (tertiary/aromatic N) is 2. The lowest BCUT2D eigenvalue weighted by molar-refractivity contribution is 0.0985. The normalized spacial score (nSPS) is 13.1. The first-order valence-corrected chi connectivity index (χ1v) is 12.2. The highest BCUT2D eigenvalue weighted by molar-refractivity contribution is 7.89. The van der Waals surface area contributed by atoms with Crippen molar-refractivity contribution in [3.63, 3.8) is 0 Å². The molecule has 1 aliphatic heterocycles. The van der Waals surface area contributed by atoms with E-state index in [0.717, 1.165) is 22.1 Å². The van der Waals surface area contributed by atoms with Gasteiger partial charge in [0, 0.05) is 47.8 Å². The highest BCUT2D eigenvalue weighted by Crippen LogP contribution is 2.41. The van der Waals surface area contributed by atoms with E-state index in [-0.39, 0.29) is 23.8 Å². The van der Waals surface area contributed by atoms with Gasteiger partial charge in [-0.1, -0.05) is 24.3 Å². The molecule has 8 heteroatoms. The first-order valence-electron chi connectivity index (χ1n) is 10.1. The Labute approximate surface area is 184 Å². The summed E-state index contributed by atoms with van der Waals surface area (Å²) < 4.78 is 25.4. The number of carbonyl (C=O) groups excluding carboxylic acids is 1. The van der Waals surface area contributed by atoms with Gasteiger partial charge in [0.05, 0.1) is 18.0 Å². The monoisotopic (exact) mass is 447 g/mol. The maximum absolute atomic E-state index is 13.5. The number of H-pyrrole nitrogens is 1.